The molecule has 4 aliphatic heterocycles. The molecule has 5 aromatic rings. The number of rotatable bonds is 21. The van der Waals surface area contributed by atoms with Crippen LogP contribution in [0.1, 0.15) is 99.9 Å². The van der Waals surface area contributed by atoms with Gasteiger partial charge in [-0.25, -0.2) is 0 Å². The largest absolute Gasteiger partial charge is 0.493 e. The average Bonchev–Trinajstić information content (AvgIpc) is 3.90. The third-order valence-corrected chi connectivity index (χ3v) is 13.5. The Labute approximate surface area is 427 Å². The third-order valence-electron chi connectivity index (χ3n) is 13.5. The number of hydrogen-bond donors (Lipinski definition) is 2. The number of nitrogens with one attached hydrogen (secondary N) is 2. The summed E-state index contributed by atoms with van der Waals surface area (Å²) in [5.41, 5.74) is 8.10. The van der Waals surface area contributed by atoms with Crippen molar-refractivity contribution in [2.24, 2.45) is 9.98 Å². The van der Waals surface area contributed by atoms with E-state index in [9.17, 15) is 33.6 Å². The Bertz CT molecular complexity index is 3130. The highest BCUT2D eigenvalue weighted by Gasteiger charge is 2.38. The Morgan fingerprint density at radius 1 is 0.608 bits per heavy atom. The van der Waals surface area contributed by atoms with Crippen molar-refractivity contribution in [1.29, 1.82) is 0 Å². The van der Waals surface area contributed by atoms with Crippen LogP contribution in [0.3, 0.4) is 0 Å². The van der Waals surface area contributed by atoms with E-state index in [0.717, 1.165) is 28.1 Å². The van der Waals surface area contributed by atoms with Crippen LogP contribution in [-0.2, 0) is 54.8 Å². The summed E-state index contributed by atoms with van der Waals surface area (Å²) in [7, 11) is 2.80. The van der Waals surface area contributed by atoms with E-state index < -0.39 is 11.8 Å². The molecule has 0 spiro atoms. The topological polar surface area (TPSA) is 212 Å². The molecule has 4 heterocycles. The normalized spacial score (nSPS) is 15.6. The first kappa shape index (κ1) is 50.5. The van der Waals surface area contributed by atoms with Crippen molar-refractivity contribution in [1.82, 2.24) is 5.32 Å². The van der Waals surface area contributed by atoms with E-state index in [1.807, 2.05) is 67.7 Å². The number of benzene rings is 5. The predicted octanol–water partition coefficient (Wildman–Crippen LogP) is 8.22. The number of carbonyl (C=O) groups excluding carboxylic acids is 7. The van der Waals surface area contributed by atoms with E-state index in [2.05, 4.69) is 15.4 Å². The molecule has 0 unspecified atom stereocenters. The van der Waals surface area contributed by atoms with E-state index in [0.29, 0.717) is 82.2 Å². The number of aryl methyl sites for hydroxylation is 1. The number of methoxy groups -OCH3 is 2. The highest BCUT2D eigenvalue weighted by Crippen LogP contribution is 2.42. The Balaban J connectivity index is 0.873. The Morgan fingerprint density at radius 2 is 1.16 bits per heavy atom. The van der Waals surface area contributed by atoms with Crippen LogP contribution < -0.4 is 34.6 Å². The number of esters is 1. The molecule has 0 aliphatic carbocycles. The maximum atomic E-state index is 14.0. The van der Waals surface area contributed by atoms with Gasteiger partial charge in [0.15, 0.2) is 17.3 Å². The van der Waals surface area contributed by atoms with E-state index >= 15 is 0 Å². The monoisotopic (exact) mass is 1000 g/mol. The number of nitrogens with zero attached hydrogens (tertiary/aromatic N) is 4. The zero-order chi connectivity index (χ0) is 51.9. The molecule has 2 atom stereocenters. The van der Waals surface area contributed by atoms with Crippen molar-refractivity contribution in [3.63, 3.8) is 0 Å². The van der Waals surface area contributed by atoms with Crippen LogP contribution in [0.25, 0.3) is 0 Å². The number of aliphatic imine (C=N–C) groups is 2. The number of para-hydroxylation sites is 2. The minimum absolute atomic E-state index is 0.000312. The fraction of sp³-hybridized carbons (Fsp3) is 0.316. The van der Waals surface area contributed by atoms with Crippen molar-refractivity contribution < 1.29 is 52.5 Å². The maximum absolute atomic E-state index is 14.0. The van der Waals surface area contributed by atoms with Gasteiger partial charge < -0.3 is 29.6 Å². The predicted molar refractivity (Wildman–Crippen MR) is 278 cm³/mol. The molecule has 0 saturated heterocycles. The quantitative estimate of drug-likeness (QED) is 0.0528. The number of Topliss-reactive ketones (excluding diaryl/α,β-unsaturated/α-hetero) is 2. The fourth-order valence-corrected chi connectivity index (χ4v) is 9.63. The molecule has 74 heavy (non-hydrogen) atoms. The summed E-state index contributed by atoms with van der Waals surface area (Å²) < 4.78 is 23.2. The zero-order valence-electron chi connectivity index (χ0n) is 41.4. The van der Waals surface area contributed by atoms with Crippen molar-refractivity contribution in [3.05, 3.63) is 130 Å². The van der Waals surface area contributed by atoms with Gasteiger partial charge in [-0.1, -0.05) is 36.4 Å². The van der Waals surface area contributed by atoms with Gasteiger partial charge in [-0.15, -0.1) is 0 Å². The van der Waals surface area contributed by atoms with Crippen LogP contribution in [-0.4, -0.2) is 86.4 Å². The second-order valence-electron chi connectivity index (χ2n) is 18.7. The van der Waals surface area contributed by atoms with Gasteiger partial charge in [0.05, 0.1) is 55.3 Å². The van der Waals surface area contributed by atoms with E-state index in [1.165, 1.54) is 14.2 Å². The summed E-state index contributed by atoms with van der Waals surface area (Å²) in [5.74, 6) is -0.868. The van der Waals surface area contributed by atoms with E-state index in [1.54, 1.807) is 52.4 Å². The molecule has 0 saturated carbocycles. The first-order valence-electron chi connectivity index (χ1n) is 24.7. The number of hydrogen-bond acceptors (Lipinski definition) is 13. The molecule has 0 bridgehead atoms. The number of unbranched alkanes of at least 4 members (excludes halogenated alkanes) is 1. The standard InChI is InChI=1S/C57H56N6O11/c1-34-20-44-46(58-29-40-24-37-10-4-7-13-48(37)62(40)56(44)69)27-50(34)73-32-35-21-36(23-39(22-35)61-54(67)19-17-43(65)31-60-53(66)18-16-42(64)12-6-9-15-55(68)72-3)33-74-52-28-47-45(26-51(52)71-2)57(70)63-41(30-59-47)25-38-11-5-8-14-49(38)63/h4-5,7-8,10-11,13-14,20-23,26-30,40-41H,6,9,12,15-19,24-25,31-33H2,1-3H3,(H,60,66)(H,61,67)/t40-,41-/m0/s1. The van der Waals surface area contributed by atoms with Crippen LogP contribution in [0.2, 0.25) is 0 Å². The van der Waals surface area contributed by atoms with Crippen molar-refractivity contribution >= 4 is 82.0 Å². The summed E-state index contributed by atoms with van der Waals surface area (Å²) in [6.45, 7) is 1.63. The number of ether oxygens (including phenoxy) is 4. The molecule has 9 rings (SSSR count). The van der Waals surface area contributed by atoms with Crippen LogP contribution in [0.5, 0.6) is 17.2 Å². The smallest absolute Gasteiger partial charge is 0.305 e. The van der Waals surface area contributed by atoms with Gasteiger partial charge in [-0.2, -0.15) is 0 Å². The lowest BCUT2D eigenvalue weighted by Gasteiger charge is -2.22. The molecule has 2 N–H and O–H groups in total. The van der Waals surface area contributed by atoms with Gasteiger partial charge >= 0.3 is 5.97 Å². The van der Waals surface area contributed by atoms with Crippen LogP contribution in [0.4, 0.5) is 28.4 Å². The van der Waals surface area contributed by atoms with Gasteiger partial charge in [-0.05, 0) is 90.0 Å². The first-order valence-corrected chi connectivity index (χ1v) is 24.7. The zero-order valence-corrected chi connectivity index (χ0v) is 41.4. The number of amides is 4. The Kier molecular flexibility index (Phi) is 15.4. The highest BCUT2D eigenvalue weighted by molar-refractivity contribution is 6.16. The molecule has 0 aromatic heterocycles. The minimum Gasteiger partial charge on any atom is -0.493 e. The number of fused-ring (bicyclic) bond motifs is 8. The van der Waals surface area contributed by atoms with Crippen LogP contribution in [0.15, 0.2) is 101 Å². The lowest BCUT2D eigenvalue weighted by molar-refractivity contribution is -0.140. The molecule has 380 valence electrons. The number of carbonyl (C=O) groups is 7. The average molecular weight is 1000 g/mol. The van der Waals surface area contributed by atoms with Crippen LogP contribution in [0, 0.1) is 6.92 Å². The molecule has 4 amide bonds. The van der Waals surface area contributed by atoms with Gasteiger partial charge in [0.1, 0.15) is 24.7 Å². The van der Waals surface area contributed by atoms with E-state index in [-0.39, 0.29) is 99.7 Å². The molecule has 0 fully saturated rings. The first-order chi connectivity index (χ1) is 35.8. The lowest BCUT2D eigenvalue weighted by atomic mass is 10.1. The Morgan fingerprint density at radius 3 is 1.78 bits per heavy atom. The molecular formula is C57H56N6O11. The van der Waals surface area contributed by atoms with Gasteiger partial charge in [0, 0.05) is 93.0 Å². The SMILES string of the molecule is COC(=O)CCCCC(=O)CCC(=O)NCC(=O)CCC(=O)Nc1cc(COc2cc3c(cc2C)C(=O)N2c4ccccc4C[C@H]2C=N3)cc(COc2cc3c(cc2OC)C(=O)N2c4ccccc4C[C@H]2C=N3)c1. The van der Waals surface area contributed by atoms with Gasteiger partial charge in [0.2, 0.25) is 11.8 Å². The summed E-state index contributed by atoms with van der Waals surface area (Å²) in [6.07, 6.45) is 6.02. The van der Waals surface area contributed by atoms with Crippen LogP contribution >= 0.6 is 0 Å². The van der Waals surface area contributed by atoms with Gasteiger partial charge in [-0.3, -0.25) is 53.3 Å². The second-order valence-corrected chi connectivity index (χ2v) is 18.7. The molecule has 0 radical (unpaired) electrons. The van der Waals surface area contributed by atoms with Gasteiger partial charge in [0.25, 0.3) is 11.8 Å². The maximum Gasteiger partial charge on any atom is 0.305 e. The fourth-order valence-electron chi connectivity index (χ4n) is 9.63. The van der Waals surface area contributed by atoms with Crippen molar-refractivity contribution in [3.8, 4) is 17.2 Å². The van der Waals surface area contributed by atoms with Crippen molar-refractivity contribution in [2.75, 3.05) is 35.9 Å². The number of ketones is 2. The summed E-state index contributed by atoms with van der Waals surface area (Å²) >= 11 is 0. The summed E-state index contributed by atoms with van der Waals surface area (Å²) in [4.78, 5) is 103. The molecular weight excluding hydrogens is 945 g/mol. The molecule has 5 aromatic carbocycles. The summed E-state index contributed by atoms with van der Waals surface area (Å²) in [5, 5.41) is 5.42. The molecule has 17 nitrogen and oxygen atoms in total. The lowest BCUT2D eigenvalue weighted by Crippen LogP contribution is -2.37. The highest BCUT2D eigenvalue weighted by atomic mass is 16.5. The third kappa shape index (κ3) is 11.4. The van der Waals surface area contributed by atoms with Crippen molar-refractivity contribution in [2.45, 2.75) is 96.4 Å². The summed E-state index contributed by atoms with van der Waals surface area (Å²) in [6, 6.07) is 27.5. The Hall–Kier alpha value is -8.47. The second kappa shape index (κ2) is 22.5. The minimum atomic E-state index is -0.454. The molecule has 17 heteroatoms. The molecule has 4 aliphatic rings. The van der Waals surface area contributed by atoms with E-state index in [4.69, 9.17) is 24.2 Å². The number of anilines is 3.